The summed E-state index contributed by atoms with van der Waals surface area (Å²) in [5, 5.41) is 0. The van der Waals surface area contributed by atoms with Crippen molar-refractivity contribution in [3.8, 4) is 23.8 Å². The summed E-state index contributed by atoms with van der Waals surface area (Å²) in [6.45, 7) is 3.01. The number of ether oxygens (including phenoxy) is 2. The highest BCUT2D eigenvalue weighted by molar-refractivity contribution is 6.25. The lowest BCUT2D eigenvalue weighted by Crippen LogP contribution is -2.38. The summed E-state index contributed by atoms with van der Waals surface area (Å²) in [6, 6.07) is 15.5. The van der Waals surface area contributed by atoms with Crippen molar-refractivity contribution in [1.29, 1.82) is 0 Å². The van der Waals surface area contributed by atoms with Gasteiger partial charge in [0.1, 0.15) is 11.5 Å². The minimum absolute atomic E-state index is 0.406. The van der Waals surface area contributed by atoms with Gasteiger partial charge in [0, 0.05) is 11.1 Å². The number of hydrogen-bond donors (Lipinski definition) is 0. The molecule has 0 amide bonds. The van der Waals surface area contributed by atoms with E-state index in [4.69, 9.17) is 27.5 Å². The fraction of sp³-hybridized carbons (Fsp3) is 0.292. The number of alkyl halides is 3. The molecule has 31 heavy (non-hydrogen) atoms. The van der Waals surface area contributed by atoms with Gasteiger partial charge in [0.05, 0.1) is 11.8 Å². The largest absolute Gasteiger partial charge is 0.457 e. The quantitative estimate of drug-likeness (QED) is 0.324. The molecule has 0 aromatic heterocycles. The van der Waals surface area contributed by atoms with Crippen LogP contribution in [0.5, 0.6) is 11.5 Å². The van der Waals surface area contributed by atoms with Gasteiger partial charge in [-0.25, -0.2) is 0 Å². The zero-order valence-electron chi connectivity index (χ0n) is 17.0. The fourth-order valence-corrected chi connectivity index (χ4v) is 3.26. The maximum absolute atomic E-state index is 13.5. The highest BCUT2D eigenvalue weighted by Gasteiger charge is 2.48. The van der Waals surface area contributed by atoms with E-state index in [2.05, 4.69) is 5.92 Å². The molecule has 2 rings (SSSR count). The van der Waals surface area contributed by atoms with Gasteiger partial charge >= 0.3 is 12.1 Å². The van der Waals surface area contributed by atoms with Crippen LogP contribution in [0.3, 0.4) is 0 Å². The third-order valence-corrected chi connectivity index (χ3v) is 4.71. The van der Waals surface area contributed by atoms with Crippen LogP contribution in [0, 0.1) is 30.1 Å². The topological polar surface area (TPSA) is 35.5 Å². The molecule has 0 bridgehead atoms. The molecule has 0 saturated carbocycles. The standard InChI is InChI=1S/C24H22ClF3O3/c1-4-21(17-9-8-12-19(15-17)30-18-10-6-5-7-11-18)31-23(29)22(16(2)3)20(13-14-25)24(26,27)28/h1,5-16,20-22H,2-3H3. The number of hydrogen-bond acceptors (Lipinski definition) is 3. The number of esters is 1. The Hall–Kier alpha value is -2.91. The second-order valence-corrected chi connectivity index (χ2v) is 7.38. The molecule has 0 heterocycles. The predicted octanol–water partition coefficient (Wildman–Crippen LogP) is 6.90. The molecule has 0 N–H and O–H groups in total. The maximum atomic E-state index is 13.5. The molecule has 0 aliphatic carbocycles. The zero-order chi connectivity index (χ0) is 23.0. The summed E-state index contributed by atoms with van der Waals surface area (Å²) in [5.41, 5.74) is 1.16. The summed E-state index contributed by atoms with van der Waals surface area (Å²) in [6.07, 6.45) is 0.419. The molecule has 0 fully saturated rings. The molecular weight excluding hydrogens is 429 g/mol. The van der Waals surface area contributed by atoms with E-state index in [1.165, 1.54) is 13.8 Å². The van der Waals surface area contributed by atoms with Crippen molar-refractivity contribution in [1.82, 2.24) is 0 Å². The molecule has 0 spiro atoms. The lowest BCUT2D eigenvalue weighted by Gasteiger charge is -2.29. The minimum atomic E-state index is -4.67. The van der Waals surface area contributed by atoms with Crippen molar-refractivity contribution >= 4 is 17.6 Å². The van der Waals surface area contributed by atoms with Crippen molar-refractivity contribution in [2.24, 2.45) is 17.8 Å². The van der Waals surface area contributed by atoms with Crippen molar-refractivity contribution in [2.45, 2.75) is 26.1 Å². The number of carbonyl (C=O) groups is 1. The third kappa shape index (κ3) is 6.80. The highest BCUT2D eigenvalue weighted by Crippen LogP contribution is 2.38. The molecule has 2 aromatic rings. The zero-order valence-corrected chi connectivity index (χ0v) is 17.7. The van der Waals surface area contributed by atoms with E-state index in [1.807, 2.05) is 18.2 Å². The molecule has 0 aliphatic rings. The Bertz CT molecular complexity index is 933. The Kier molecular flexibility index (Phi) is 8.58. The first-order valence-corrected chi connectivity index (χ1v) is 9.94. The SMILES string of the molecule is C#CC(OC(=O)C(C(C)C)C(C=CCl)C(F)(F)F)c1cccc(Oc2ccccc2)c1. The molecule has 3 unspecified atom stereocenters. The van der Waals surface area contributed by atoms with E-state index >= 15 is 0 Å². The van der Waals surface area contributed by atoms with Crippen molar-refractivity contribution in [3.63, 3.8) is 0 Å². The van der Waals surface area contributed by atoms with Gasteiger partial charge in [-0.1, -0.05) is 67.8 Å². The average molecular weight is 451 g/mol. The summed E-state index contributed by atoms with van der Waals surface area (Å²) in [5.74, 6) is -1.96. The normalized spacial score (nSPS) is 14.6. The Morgan fingerprint density at radius 1 is 1.10 bits per heavy atom. The van der Waals surface area contributed by atoms with E-state index in [-0.39, 0.29) is 0 Å². The Balaban J connectivity index is 2.25. The van der Waals surface area contributed by atoms with E-state index in [1.54, 1.807) is 36.4 Å². The molecule has 0 aliphatic heterocycles. The van der Waals surface area contributed by atoms with E-state index in [9.17, 15) is 18.0 Å². The first-order valence-electron chi connectivity index (χ1n) is 9.50. The minimum Gasteiger partial charge on any atom is -0.457 e. The van der Waals surface area contributed by atoms with Crippen molar-refractivity contribution in [3.05, 3.63) is 71.8 Å². The smallest absolute Gasteiger partial charge is 0.396 e. The fourth-order valence-electron chi connectivity index (χ4n) is 3.10. The van der Waals surface area contributed by atoms with Gasteiger partial charge in [-0.15, -0.1) is 6.42 Å². The predicted molar refractivity (Wildman–Crippen MR) is 113 cm³/mol. The second-order valence-electron chi connectivity index (χ2n) is 7.13. The van der Waals surface area contributed by atoms with Crippen LogP contribution in [0.15, 0.2) is 66.2 Å². The lowest BCUT2D eigenvalue weighted by atomic mass is 9.83. The van der Waals surface area contributed by atoms with Gasteiger partial charge in [-0.3, -0.25) is 4.79 Å². The van der Waals surface area contributed by atoms with E-state index in [0.717, 1.165) is 11.6 Å². The van der Waals surface area contributed by atoms with Crippen LogP contribution in [-0.2, 0) is 9.53 Å². The number of terminal acetylenes is 1. The van der Waals surface area contributed by atoms with Crippen LogP contribution in [0.2, 0.25) is 0 Å². The van der Waals surface area contributed by atoms with E-state index in [0.29, 0.717) is 17.1 Å². The maximum Gasteiger partial charge on any atom is 0.396 e. The van der Waals surface area contributed by atoms with Gasteiger partial charge < -0.3 is 9.47 Å². The van der Waals surface area contributed by atoms with Crippen molar-refractivity contribution < 1.29 is 27.4 Å². The number of rotatable bonds is 8. The number of benzene rings is 2. The third-order valence-electron chi connectivity index (χ3n) is 4.56. The monoisotopic (exact) mass is 450 g/mol. The van der Waals surface area contributed by atoms with Crippen LogP contribution >= 0.6 is 11.6 Å². The number of halogens is 4. The van der Waals surface area contributed by atoms with Crippen LogP contribution < -0.4 is 4.74 Å². The Morgan fingerprint density at radius 3 is 2.29 bits per heavy atom. The number of para-hydroxylation sites is 1. The van der Waals surface area contributed by atoms with Gasteiger partial charge in [0.15, 0.2) is 6.10 Å². The van der Waals surface area contributed by atoms with E-state index < -0.39 is 36.0 Å². The first-order chi connectivity index (χ1) is 14.7. The molecule has 0 radical (unpaired) electrons. The van der Waals surface area contributed by atoms with Gasteiger partial charge in [0.2, 0.25) is 0 Å². The second kappa shape index (κ2) is 10.9. The lowest BCUT2D eigenvalue weighted by molar-refractivity contribution is -0.192. The molecule has 7 heteroatoms. The Labute approximate surface area is 184 Å². The first kappa shape index (κ1) is 24.4. The van der Waals surface area contributed by atoms with Gasteiger partial charge in [-0.05, 0) is 30.2 Å². The molecule has 2 aromatic carbocycles. The van der Waals surface area contributed by atoms with Crippen LogP contribution in [0.4, 0.5) is 13.2 Å². The molecule has 0 saturated heterocycles. The summed E-state index contributed by atoms with van der Waals surface area (Å²) in [7, 11) is 0. The van der Waals surface area contributed by atoms with Crippen molar-refractivity contribution in [2.75, 3.05) is 0 Å². The molecule has 164 valence electrons. The van der Waals surface area contributed by atoms with Crippen LogP contribution in [-0.4, -0.2) is 12.1 Å². The average Bonchev–Trinajstić information content (AvgIpc) is 2.71. The van der Waals surface area contributed by atoms with Crippen LogP contribution in [0.1, 0.15) is 25.5 Å². The van der Waals surface area contributed by atoms with Gasteiger partial charge in [0.25, 0.3) is 0 Å². The molecular formula is C24H22ClF3O3. The Morgan fingerprint density at radius 2 is 1.74 bits per heavy atom. The summed E-state index contributed by atoms with van der Waals surface area (Å²) in [4.78, 5) is 12.7. The highest BCUT2D eigenvalue weighted by atomic mass is 35.5. The summed E-state index contributed by atoms with van der Waals surface area (Å²) < 4.78 is 51.6. The summed E-state index contributed by atoms with van der Waals surface area (Å²) >= 11 is 5.39. The molecule has 3 atom stereocenters. The molecule has 3 nitrogen and oxygen atoms in total. The number of allylic oxidation sites excluding steroid dienone is 1. The van der Waals surface area contributed by atoms with Crippen LogP contribution in [0.25, 0.3) is 0 Å². The number of carbonyl (C=O) groups excluding carboxylic acids is 1. The van der Waals surface area contributed by atoms with Gasteiger partial charge in [-0.2, -0.15) is 13.2 Å².